The fraction of sp³-hybridized carbons (Fsp3) is 0.333. The van der Waals surface area contributed by atoms with Gasteiger partial charge in [0.1, 0.15) is 5.75 Å². The summed E-state index contributed by atoms with van der Waals surface area (Å²) in [6, 6.07) is 7.29. The van der Waals surface area contributed by atoms with E-state index in [1.165, 1.54) is 0 Å². The van der Waals surface area contributed by atoms with E-state index in [1.54, 1.807) is 12.1 Å². The summed E-state index contributed by atoms with van der Waals surface area (Å²) in [4.78, 5) is 4.21. The lowest BCUT2D eigenvalue weighted by atomic mass is 10.2. The molecular weight excluding hydrogens is 218 g/mol. The molecule has 0 atom stereocenters. The number of nitrogen functional groups attached to an aromatic ring is 1. The number of benzene rings is 1. The van der Waals surface area contributed by atoms with Crippen molar-refractivity contribution in [1.82, 2.24) is 10.1 Å². The number of para-hydroxylation sites is 2. The molecule has 0 aliphatic carbocycles. The molecule has 2 aromatic rings. The first kappa shape index (κ1) is 11.4. The van der Waals surface area contributed by atoms with Gasteiger partial charge < -0.3 is 15.0 Å². The second kappa shape index (κ2) is 4.86. The molecule has 0 aliphatic rings. The van der Waals surface area contributed by atoms with Crippen molar-refractivity contribution in [3.63, 3.8) is 0 Å². The van der Waals surface area contributed by atoms with Crippen LogP contribution in [0.5, 0.6) is 5.75 Å². The van der Waals surface area contributed by atoms with Crippen LogP contribution in [0, 0.1) is 0 Å². The molecule has 0 bridgehead atoms. The summed E-state index contributed by atoms with van der Waals surface area (Å²) >= 11 is 0. The van der Waals surface area contributed by atoms with E-state index in [2.05, 4.69) is 10.1 Å². The first-order chi connectivity index (χ1) is 8.16. The Hall–Kier alpha value is -2.04. The zero-order valence-electron chi connectivity index (χ0n) is 9.88. The zero-order chi connectivity index (χ0) is 12.3. The number of ether oxygens (including phenoxy) is 1. The fourth-order valence-corrected chi connectivity index (χ4v) is 1.31. The summed E-state index contributed by atoms with van der Waals surface area (Å²) in [6.07, 6.45) is 0. The molecule has 90 valence electrons. The van der Waals surface area contributed by atoms with Crippen LogP contribution in [0.25, 0.3) is 0 Å². The van der Waals surface area contributed by atoms with Gasteiger partial charge in [-0.2, -0.15) is 4.98 Å². The lowest BCUT2D eigenvalue weighted by molar-refractivity contribution is 0.243. The Morgan fingerprint density at radius 1 is 1.35 bits per heavy atom. The summed E-state index contributed by atoms with van der Waals surface area (Å²) < 4.78 is 10.6. The Labute approximate surface area is 99.6 Å². The lowest BCUT2D eigenvalue weighted by Gasteiger charge is -2.05. The number of nitrogens with zero attached hydrogens (tertiary/aromatic N) is 2. The number of rotatable bonds is 4. The van der Waals surface area contributed by atoms with Gasteiger partial charge in [0, 0.05) is 5.92 Å². The number of hydrogen-bond donors (Lipinski definition) is 1. The van der Waals surface area contributed by atoms with Gasteiger partial charge in [-0.05, 0) is 12.1 Å². The Morgan fingerprint density at radius 3 is 2.76 bits per heavy atom. The molecule has 0 spiro atoms. The molecule has 0 radical (unpaired) electrons. The molecule has 1 aromatic heterocycles. The molecule has 1 aromatic carbocycles. The molecule has 2 N–H and O–H groups in total. The molecular formula is C12H15N3O2. The second-order valence-electron chi connectivity index (χ2n) is 4.03. The maximum Gasteiger partial charge on any atom is 0.264 e. The predicted molar refractivity (Wildman–Crippen MR) is 63.6 cm³/mol. The van der Waals surface area contributed by atoms with Crippen molar-refractivity contribution in [2.45, 2.75) is 26.4 Å². The van der Waals surface area contributed by atoms with Crippen molar-refractivity contribution < 1.29 is 9.26 Å². The van der Waals surface area contributed by atoms with Gasteiger partial charge in [-0.15, -0.1) is 0 Å². The van der Waals surface area contributed by atoms with E-state index < -0.39 is 0 Å². The van der Waals surface area contributed by atoms with Crippen LogP contribution in [0.15, 0.2) is 28.8 Å². The Kier molecular flexibility index (Phi) is 3.27. The molecule has 5 heteroatoms. The molecule has 0 saturated carbocycles. The van der Waals surface area contributed by atoms with Crippen molar-refractivity contribution >= 4 is 5.69 Å². The summed E-state index contributed by atoms with van der Waals surface area (Å²) in [5.74, 6) is 2.01. The topological polar surface area (TPSA) is 74.2 Å². The third-order valence-electron chi connectivity index (χ3n) is 2.27. The summed E-state index contributed by atoms with van der Waals surface area (Å²) in [7, 11) is 0. The zero-order valence-corrected chi connectivity index (χ0v) is 9.88. The van der Waals surface area contributed by atoms with Gasteiger partial charge in [-0.25, -0.2) is 0 Å². The van der Waals surface area contributed by atoms with E-state index in [1.807, 2.05) is 26.0 Å². The number of anilines is 1. The van der Waals surface area contributed by atoms with Crippen molar-refractivity contribution in [3.05, 3.63) is 36.0 Å². The minimum absolute atomic E-state index is 0.230. The average Bonchev–Trinajstić information content (AvgIpc) is 2.77. The first-order valence-corrected chi connectivity index (χ1v) is 5.46. The van der Waals surface area contributed by atoms with Crippen LogP contribution < -0.4 is 10.5 Å². The van der Waals surface area contributed by atoms with E-state index in [0.29, 0.717) is 23.2 Å². The number of nitrogens with two attached hydrogens (primary N) is 1. The van der Waals surface area contributed by atoms with Crippen molar-refractivity contribution in [2.24, 2.45) is 0 Å². The van der Waals surface area contributed by atoms with E-state index in [0.717, 1.165) is 0 Å². The minimum Gasteiger partial charge on any atom is -0.482 e. The molecule has 0 unspecified atom stereocenters. The highest BCUT2D eigenvalue weighted by Crippen LogP contribution is 2.21. The third kappa shape index (κ3) is 2.75. The van der Waals surface area contributed by atoms with E-state index >= 15 is 0 Å². The SMILES string of the molecule is CC(C)c1noc(COc2ccccc2N)n1. The molecule has 0 saturated heterocycles. The van der Waals surface area contributed by atoms with Gasteiger partial charge in [-0.3, -0.25) is 0 Å². The van der Waals surface area contributed by atoms with Crippen LogP contribution in [0.3, 0.4) is 0 Å². The Balaban J connectivity index is 2.00. The molecule has 0 aliphatic heterocycles. The highest BCUT2D eigenvalue weighted by Gasteiger charge is 2.10. The van der Waals surface area contributed by atoms with Gasteiger partial charge in [0.25, 0.3) is 5.89 Å². The van der Waals surface area contributed by atoms with Crippen LogP contribution in [0.1, 0.15) is 31.5 Å². The van der Waals surface area contributed by atoms with Gasteiger partial charge in [0.05, 0.1) is 5.69 Å². The molecule has 0 fully saturated rings. The molecule has 0 amide bonds. The smallest absolute Gasteiger partial charge is 0.264 e. The highest BCUT2D eigenvalue weighted by molar-refractivity contribution is 5.51. The normalized spacial score (nSPS) is 10.8. The first-order valence-electron chi connectivity index (χ1n) is 5.46. The van der Waals surface area contributed by atoms with Crippen molar-refractivity contribution in [2.75, 3.05) is 5.73 Å². The molecule has 17 heavy (non-hydrogen) atoms. The third-order valence-corrected chi connectivity index (χ3v) is 2.27. The van der Waals surface area contributed by atoms with E-state index in [-0.39, 0.29) is 12.5 Å². The fourth-order valence-electron chi connectivity index (χ4n) is 1.31. The monoisotopic (exact) mass is 233 g/mol. The van der Waals surface area contributed by atoms with Crippen LogP contribution in [0.4, 0.5) is 5.69 Å². The molecule has 2 rings (SSSR count). The average molecular weight is 233 g/mol. The number of hydrogen-bond acceptors (Lipinski definition) is 5. The minimum atomic E-state index is 0.230. The Morgan fingerprint density at radius 2 is 2.12 bits per heavy atom. The van der Waals surface area contributed by atoms with E-state index in [9.17, 15) is 0 Å². The van der Waals surface area contributed by atoms with Crippen LogP contribution in [-0.2, 0) is 6.61 Å². The van der Waals surface area contributed by atoms with E-state index in [4.69, 9.17) is 15.0 Å². The van der Waals surface area contributed by atoms with Crippen LogP contribution in [-0.4, -0.2) is 10.1 Å². The van der Waals surface area contributed by atoms with Gasteiger partial charge in [0.2, 0.25) is 0 Å². The van der Waals surface area contributed by atoms with Gasteiger partial charge in [0.15, 0.2) is 12.4 Å². The predicted octanol–water partition coefficient (Wildman–Crippen LogP) is 2.35. The maximum atomic E-state index is 5.75. The van der Waals surface area contributed by atoms with Crippen molar-refractivity contribution in [1.29, 1.82) is 0 Å². The molecule has 5 nitrogen and oxygen atoms in total. The lowest BCUT2D eigenvalue weighted by Crippen LogP contribution is -1.99. The molecule has 1 heterocycles. The maximum absolute atomic E-state index is 5.75. The summed E-state index contributed by atoms with van der Waals surface area (Å²) in [5, 5.41) is 3.85. The quantitative estimate of drug-likeness (QED) is 0.820. The number of aromatic nitrogens is 2. The Bertz CT molecular complexity index is 494. The van der Waals surface area contributed by atoms with Crippen LogP contribution >= 0.6 is 0 Å². The second-order valence-corrected chi connectivity index (χ2v) is 4.03. The summed E-state index contributed by atoms with van der Waals surface area (Å²) in [5.41, 5.74) is 6.34. The van der Waals surface area contributed by atoms with Crippen molar-refractivity contribution in [3.8, 4) is 5.75 Å². The van der Waals surface area contributed by atoms with Gasteiger partial charge >= 0.3 is 0 Å². The van der Waals surface area contributed by atoms with Crippen LogP contribution in [0.2, 0.25) is 0 Å². The standard InChI is InChI=1S/C12H15N3O2/c1-8(2)12-14-11(17-15-12)7-16-10-6-4-3-5-9(10)13/h3-6,8H,7,13H2,1-2H3. The highest BCUT2D eigenvalue weighted by atomic mass is 16.5. The largest absolute Gasteiger partial charge is 0.482 e. The van der Waals surface area contributed by atoms with Gasteiger partial charge in [-0.1, -0.05) is 31.1 Å². The summed E-state index contributed by atoms with van der Waals surface area (Å²) in [6.45, 7) is 4.24.